The third-order valence-corrected chi connectivity index (χ3v) is 5.25. The highest BCUT2D eigenvalue weighted by Crippen LogP contribution is 2.25. The van der Waals surface area contributed by atoms with Crippen molar-refractivity contribution >= 4 is 20.0 Å². The monoisotopic (exact) mass is 418 g/mol. The first-order chi connectivity index (χ1) is 13.5. The molecule has 1 heterocycles. The van der Waals surface area contributed by atoms with Gasteiger partial charge in [0.25, 0.3) is 0 Å². The predicted molar refractivity (Wildman–Crippen MR) is 112 cm³/mol. The molecule has 0 aliphatic carbocycles. The fourth-order valence-electron chi connectivity index (χ4n) is 3.12. The molecule has 0 radical (unpaired) electrons. The zero-order chi connectivity index (χ0) is 21.8. The van der Waals surface area contributed by atoms with E-state index in [0.717, 1.165) is 15.9 Å². The van der Waals surface area contributed by atoms with Crippen LogP contribution in [0.2, 0.25) is 19.6 Å². The summed E-state index contributed by atoms with van der Waals surface area (Å²) in [6.45, 7) is 7.82. The van der Waals surface area contributed by atoms with Crippen molar-refractivity contribution in [2.45, 2.75) is 51.9 Å². The first-order valence-electron chi connectivity index (χ1n) is 9.43. The van der Waals surface area contributed by atoms with Crippen LogP contribution in [-0.2, 0) is 17.6 Å². The van der Waals surface area contributed by atoms with Crippen LogP contribution in [0.25, 0.3) is 0 Å². The van der Waals surface area contributed by atoms with Gasteiger partial charge in [0.15, 0.2) is 0 Å². The van der Waals surface area contributed by atoms with Gasteiger partial charge in [-0.2, -0.15) is 0 Å². The molecule has 0 fully saturated rings. The average molecular weight is 419 g/mol. The highest BCUT2D eigenvalue weighted by atomic mass is 28.4. The fraction of sp³-hybridized carbons (Fsp3) is 0.400. The standard InChI is InChI=1S/C20H26N2O6Si/c1-5-16(20(24)25)21-13-12-15(18(19(21)23)22(26)27)11-10-14-8-6-7-9-17(14)28-29(2,3)4/h6-9,12-13,16H,5,10-11H2,1-4H3,(H,24,25). The van der Waals surface area contributed by atoms with E-state index in [-0.39, 0.29) is 18.4 Å². The molecule has 8 nitrogen and oxygen atoms in total. The first-order valence-corrected chi connectivity index (χ1v) is 12.8. The molecule has 2 aromatic rings. The average Bonchev–Trinajstić information content (AvgIpc) is 2.61. The molecule has 1 atom stereocenters. The summed E-state index contributed by atoms with van der Waals surface area (Å²) >= 11 is 0. The Kier molecular flexibility index (Phi) is 6.96. The molecule has 2 rings (SSSR count). The highest BCUT2D eigenvalue weighted by Gasteiger charge is 2.27. The van der Waals surface area contributed by atoms with Crippen molar-refractivity contribution in [1.29, 1.82) is 0 Å². The minimum atomic E-state index is -1.83. The number of aliphatic carboxylic acids is 1. The van der Waals surface area contributed by atoms with Crippen molar-refractivity contribution in [2.24, 2.45) is 0 Å². The zero-order valence-electron chi connectivity index (χ0n) is 17.0. The summed E-state index contributed by atoms with van der Waals surface area (Å²) in [5.74, 6) is -0.450. The van der Waals surface area contributed by atoms with Crippen LogP contribution in [0, 0.1) is 10.1 Å². The molecule has 1 N–H and O–H groups in total. The molecule has 9 heteroatoms. The summed E-state index contributed by atoms with van der Waals surface area (Å²) in [7, 11) is -1.83. The van der Waals surface area contributed by atoms with Crippen LogP contribution in [0.4, 0.5) is 5.69 Å². The van der Waals surface area contributed by atoms with Crippen LogP contribution < -0.4 is 9.99 Å². The molecule has 0 aliphatic heterocycles. The second kappa shape index (κ2) is 9.04. The highest BCUT2D eigenvalue weighted by molar-refractivity contribution is 6.70. The number of carbonyl (C=O) groups is 1. The van der Waals surface area contributed by atoms with Gasteiger partial charge in [-0.15, -0.1) is 0 Å². The number of nitro groups is 1. The number of para-hydroxylation sites is 1. The molecule has 0 saturated carbocycles. The van der Waals surface area contributed by atoms with Crippen molar-refractivity contribution in [3.05, 3.63) is 68.1 Å². The van der Waals surface area contributed by atoms with Crippen molar-refractivity contribution in [3.8, 4) is 5.75 Å². The topological polar surface area (TPSA) is 112 Å². The third-order valence-electron chi connectivity index (χ3n) is 4.42. The van der Waals surface area contributed by atoms with Crippen LogP contribution in [-0.4, -0.2) is 28.9 Å². The molecular weight excluding hydrogens is 392 g/mol. The van der Waals surface area contributed by atoms with Crippen LogP contribution in [0.5, 0.6) is 5.75 Å². The number of hydrogen-bond acceptors (Lipinski definition) is 5. The Labute approximate surface area is 170 Å². The van der Waals surface area contributed by atoms with E-state index in [1.165, 1.54) is 12.3 Å². The zero-order valence-corrected chi connectivity index (χ0v) is 18.0. The fourth-order valence-corrected chi connectivity index (χ4v) is 3.98. The Balaban J connectivity index is 2.38. The van der Waals surface area contributed by atoms with E-state index in [1.54, 1.807) is 6.92 Å². The van der Waals surface area contributed by atoms with Crippen LogP contribution >= 0.6 is 0 Å². The first kappa shape index (κ1) is 22.3. The van der Waals surface area contributed by atoms with Gasteiger partial charge in [-0.1, -0.05) is 25.1 Å². The lowest BCUT2D eigenvalue weighted by Crippen LogP contribution is -2.31. The van der Waals surface area contributed by atoms with Crippen molar-refractivity contribution in [3.63, 3.8) is 0 Å². The van der Waals surface area contributed by atoms with E-state index in [0.29, 0.717) is 6.42 Å². The van der Waals surface area contributed by atoms with Gasteiger partial charge in [0.05, 0.1) is 4.92 Å². The number of carboxylic acids is 1. The number of pyridine rings is 1. The van der Waals surface area contributed by atoms with E-state index in [2.05, 4.69) is 19.6 Å². The molecule has 1 aromatic carbocycles. The number of nitrogens with zero attached hydrogens (tertiary/aromatic N) is 2. The van der Waals surface area contributed by atoms with E-state index < -0.39 is 36.5 Å². The number of hydrogen-bond donors (Lipinski definition) is 1. The largest absolute Gasteiger partial charge is 0.544 e. The Hall–Kier alpha value is -2.94. The molecule has 1 unspecified atom stereocenters. The molecule has 0 amide bonds. The lowest BCUT2D eigenvalue weighted by Gasteiger charge is -2.21. The van der Waals surface area contributed by atoms with Crippen LogP contribution in [0.15, 0.2) is 41.3 Å². The molecule has 0 saturated heterocycles. The van der Waals surface area contributed by atoms with Crippen molar-refractivity contribution in [1.82, 2.24) is 4.57 Å². The number of carboxylic acid groups (broad SMARTS) is 1. The summed E-state index contributed by atoms with van der Waals surface area (Å²) in [5, 5.41) is 20.9. The van der Waals surface area contributed by atoms with Gasteiger partial charge in [0.2, 0.25) is 8.32 Å². The Morgan fingerprint density at radius 3 is 2.38 bits per heavy atom. The van der Waals surface area contributed by atoms with E-state index in [9.17, 15) is 24.8 Å². The van der Waals surface area contributed by atoms with Gasteiger partial charge >= 0.3 is 17.2 Å². The number of benzene rings is 1. The third kappa shape index (κ3) is 5.54. The van der Waals surface area contributed by atoms with Gasteiger partial charge in [0, 0.05) is 11.8 Å². The summed E-state index contributed by atoms with van der Waals surface area (Å²) in [6, 6.07) is 7.85. The minimum Gasteiger partial charge on any atom is -0.544 e. The maximum Gasteiger partial charge on any atom is 0.337 e. The number of aryl methyl sites for hydroxylation is 2. The second-order valence-corrected chi connectivity index (χ2v) is 12.2. The maximum atomic E-state index is 12.6. The maximum absolute atomic E-state index is 12.6. The summed E-state index contributed by atoms with van der Waals surface area (Å²) < 4.78 is 7.01. The predicted octanol–water partition coefficient (Wildman–Crippen LogP) is 3.79. The molecule has 1 aromatic heterocycles. The molecule has 29 heavy (non-hydrogen) atoms. The molecular formula is C20H26N2O6Si. The lowest BCUT2D eigenvalue weighted by atomic mass is 10.0. The van der Waals surface area contributed by atoms with Gasteiger partial charge in [-0.3, -0.25) is 19.5 Å². The quantitative estimate of drug-likeness (QED) is 0.377. The minimum absolute atomic E-state index is 0.146. The number of rotatable bonds is 9. The van der Waals surface area contributed by atoms with Gasteiger partial charge in [0.1, 0.15) is 11.8 Å². The smallest absolute Gasteiger partial charge is 0.337 e. The van der Waals surface area contributed by atoms with Gasteiger partial charge < -0.3 is 9.53 Å². The van der Waals surface area contributed by atoms with Gasteiger partial charge in [-0.05, 0) is 56.6 Å². The SMILES string of the molecule is CCC(C(=O)O)n1ccc(CCc2ccccc2O[Si](C)(C)C)c([N+](=O)[O-])c1=O. The molecule has 156 valence electrons. The van der Waals surface area contributed by atoms with E-state index >= 15 is 0 Å². The van der Waals surface area contributed by atoms with Crippen molar-refractivity contribution < 1.29 is 19.3 Å². The molecule has 0 bridgehead atoms. The lowest BCUT2D eigenvalue weighted by molar-refractivity contribution is -0.387. The van der Waals surface area contributed by atoms with E-state index in [1.807, 2.05) is 24.3 Å². The summed E-state index contributed by atoms with van der Waals surface area (Å²) in [4.78, 5) is 34.9. The Morgan fingerprint density at radius 1 is 1.21 bits per heavy atom. The Morgan fingerprint density at radius 2 is 1.83 bits per heavy atom. The van der Waals surface area contributed by atoms with Gasteiger partial charge in [-0.25, -0.2) is 4.79 Å². The Bertz CT molecular complexity index is 964. The van der Waals surface area contributed by atoms with E-state index in [4.69, 9.17) is 4.43 Å². The summed E-state index contributed by atoms with van der Waals surface area (Å²) in [6.07, 6.45) is 2.20. The molecule has 0 spiro atoms. The van der Waals surface area contributed by atoms with Crippen molar-refractivity contribution in [2.75, 3.05) is 0 Å². The normalized spacial score (nSPS) is 12.4. The number of aromatic nitrogens is 1. The van der Waals surface area contributed by atoms with Crippen LogP contribution in [0.1, 0.15) is 30.5 Å². The summed E-state index contributed by atoms with van der Waals surface area (Å²) in [5.41, 5.74) is -0.283. The molecule has 0 aliphatic rings. The second-order valence-electron chi connectivity index (χ2n) is 7.74. The van der Waals surface area contributed by atoms with Crippen LogP contribution in [0.3, 0.4) is 0 Å².